The van der Waals surface area contributed by atoms with Gasteiger partial charge in [-0.15, -0.1) is 0 Å². The number of methoxy groups -OCH3 is 1. The molecule has 2 aliphatic carbocycles. The number of carbonyl (C=O) groups is 2. The molecule has 0 bridgehead atoms. The summed E-state index contributed by atoms with van der Waals surface area (Å²) in [4.78, 5) is 39.3. The Morgan fingerprint density at radius 3 is 1.47 bits per heavy atom. The topological polar surface area (TPSA) is 62.8 Å². The first-order chi connectivity index (χ1) is 27.8. The predicted octanol–water partition coefficient (Wildman–Crippen LogP) is 10.00. The maximum Gasteiger partial charge on any atom is 0.324 e. The van der Waals surface area contributed by atoms with Gasteiger partial charge in [0.05, 0.1) is 12.8 Å². The third kappa shape index (κ3) is 10.9. The number of aryl methyl sites for hydroxylation is 2. The summed E-state index contributed by atoms with van der Waals surface area (Å²) in [7, 11) is 1.67. The number of hydrogen-bond acceptors (Lipinski definition) is 5. The van der Waals surface area contributed by atoms with Gasteiger partial charge in [-0.2, -0.15) is 0 Å². The van der Waals surface area contributed by atoms with Crippen LogP contribution in [0.5, 0.6) is 5.75 Å². The molecule has 0 spiro atoms. The van der Waals surface area contributed by atoms with Gasteiger partial charge in [-0.3, -0.25) is 9.80 Å². The molecular weight excluding hydrogens is 732 g/mol. The van der Waals surface area contributed by atoms with E-state index in [9.17, 15) is 9.59 Å². The Balaban J connectivity index is 0.000000185. The number of urea groups is 2. The maximum absolute atomic E-state index is 13.4. The number of hydrogen-bond donors (Lipinski definition) is 0. The van der Waals surface area contributed by atoms with Crippen molar-refractivity contribution in [1.82, 2.24) is 9.80 Å². The van der Waals surface area contributed by atoms with Crippen LogP contribution in [0.15, 0.2) is 97.1 Å². The summed E-state index contributed by atoms with van der Waals surface area (Å²) in [5.41, 5.74) is 6.94. The molecule has 0 aromatic heterocycles. The van der Waals surface area contributed by atoms with E-state index < -0.39 is 0 Å². The van der Waals surface area contributed by atoms with Gasteiger partial charge in [0.15, 0.2) is 0 Å². The van der Waals surface area contributed by atoms with Crippen LogP contribution in [-0.2, 0) is 0 Å². The van der Waals surface area contributed by atoms with Gasteiger partial charge in [0.1, 0.15) is 5.75 Å². The number of carbonyl (C=O) groups excluding carboxylic acids is 2. The lowest BCUT2D eigenvalue weighted by molar-refractivity contribution is 0.200. The predicted molar refractivity (Wildman–Crippen MR) is 237 cm³/mol. The lowest BCUT2D eigenvalue weighted by Gasteiger charge is -2.39. The maximum atomic E-state index is 13.4. The highest BCUT2D eigenvalue weighted by atomic mass is 35.5. The van der Waals surface area contributed by atoms with E-state index in [0.29, 0.717) is 16.9 Å². The van der Waals surface area contributed by atoms with Crippen LogP contribution in [0.1, 0.15) is 50.7 Å². The average molecular weight is 793 g/mol. The molecular formula is C47H61ClN6O3. The Morgan fingerprint density at radius 1 is 0.596 bits per heavy atom. The van der Waals surface area contributed by atoms with Crippen LogP contribution in [0.4, 0.5) is 32.3 Å². The molecule has 0 atom stereocenters. The van der Waals surface area contributed by atoms with E-state index in [4.69, 9.17) is 16.3 Å². The number of amides is 4. The highest BCUT2D eigenvalue weighted by Gasteiger charge is 2.34. The molecule has 0 unspecified atom stereocenters. The number of ether oxygens (including phenoxy) is 1. The van der Waals surface area contributed by atoms with Crippen LogP contribution in [0.2, 0.25) is 5.02 Å². The molecule has 57 heavy (non-hydrogen) atoms. The number of nitrogens with zero attached hydrogens (tertiary/aromatic N) is 6. The third-order valence-electron chi connectivity index (χ3n) is 11.3. The molecule has 0 N–H and O–H groups in total. The van der Waals surface area contributed by atoms with Crippen LogP contribution < -0.4 is 24.3 Å². The molecule has 4 aromatic rings. The minimum Gasteiger partial charge on any atom is -0.495 e. The number of rotatable bonds is 9. The van der Waals surface area contributed by atoms with Crippen LogP contribution >= 0.6 is 11.6 Å². The zero-order chi connectivity index (χ0) is 40.3. The molecule has 2 aliphatic heterocycles. The first-order valence-electron chi connectivity index (χ1n) is 20.9. The number of piperazine rings is 2. The van der Waals surface area contributed by atoms with Crippen molar-refractivity contribution in [2.75, 3.05) is 92.2 Å². The van der Waals surface area contributed by atoms with Crippen LogP contribution in [0.25, 0.3) is 0 Å². The lowest BCUT2D eigenvalue weighted by atomic mass is 10.1. The van der Waals surface area contributed by atoms with Crippen molar-refractivity contribution in [2.45, 2.75) is 53.4 Å². The van der Waals surface area contributed by atoms with Gasteiger partial charge in [-0.1, -0.05) is 74.0 Å². The van der Waals surface area contributed by atoms with Crippen molar-refractivity contribution < 1.29 is 14.3 Å². The standard InChI is InChI=1S/C23H29N3O2.C22H26ClN3O.C2H6/c1-18-7-3-4-8-20(18)24-13-15-25(16-14-24)23(27)26(17-19-11-12-19)21-9-5-6-10-22(21)28-2;1-17-4-2-3-5-21(17)24-12-14-25(15-13-24)22(27)26(16-18-6-7-18)20-10-8-19(23)9-11-20;1-2/h3-10,19H,11-17H2,1-2H3;2-5,8-11,18H,6-7,12-16H2,1H3;1-2H3. The van der Waals surface area contributed by atoms with Crippen LogP contribution in [0.3, 0.4) is 0 Å². The summed E-state index contributed by atoms with van der Waals surface area (Å²) in [5.74, 6) is 2.01. The highest BCUT2D eigenvalue weighted by molar-refractivity contribution is 6.30. The van der Waals surface area contributed by atoms with Crippen molar-refractivity contribution in [2.24, 2.45) is 11.8 Å². The summed E-state index contributed by atoms with van der Waals surface area (Å²) in [6, 6.07) is 32.6. The fourth-order valence-electron chi connectivity index (χ4n) is 7.62. The smallest absolute Gasteiger partial charge is 0.324 e. The zero-order valence-electron chi connectivity index (χ0n) is 34.6. The van der Waals surface area contributed by atoms with Crippen molar-refractivity contribution in [3.63, 3.8) is 0 Å². The van der Waals surface area contributed by atoms with E-state index in [1.54, 1.807) is 7.11 Å². The quantitative estimate of drug-likeness (QED) is 0.169. The fraction of sp³-hybridized carbons (Fsp3) is 0.447. The van der Waals surface area contributed by atoms with Gasteiger partial charge in [-0.05, 0) is 111 Å². The zero-order valence-corrected chi connectivity index (χ0v) is 35.3. The second-order valence-electron chi connectivity index (χ2n) is 15.3. The molecule has 0 radical (unpaired) electrons. The summed E-state index contributed by atoms with van der Waals surface area (Å²) < 4.78 is 5.53. The van der Waals surface area contributed by atoms with Crippen molar-refractivity contribution >= 4 is 46.4 Å². The average Bonchev–Trinajstić information content (AvgIpc) is 4.21. The summed E-state index contributed by atoms with van der Waals surface area (Å²) in [5, 5.41) is 0.699. The third-order valence-corrected chi connectivity index (χ3v) is 11.5. The monoisotopic (exact) mass is 792 g/mol. The molecule has 4 amide bonds. The summed E-state index contributed by atoms with van der Waals surface area (Å²) in [6.45, 7) is 16.3. The molecule has 8 rings (SSSR count). The van der Waals surface area contributed by atoms with Gasteiger partial charge in [0, 0.05) is 87.5 Å². The van der Waals surface area contributed by atoms with Crippen molar-refractivity contribution in [3.8, 4) is 5.75 Å². The minimum absolute atomic E-state index is 0.0980. The molecule has 4 aromatic carbocycles. The SMILES string of the molecule is CC.COc1ccccc1N(CC1CC1)C(=O)N1CCN(c2ccccc2C)CC1.Cc1ccccc1N1CCN(C(=O)N(CC2CC2)c2ccc(Cl)cc2)CC1. The number of benzene rings is 4. The van der Waals surface area contributed by atoms with E-state index in [1.165, 1.54) is 48.2 Å². The fourth-order valence-corrected chi connectivity index (χ4v) is 7.75. The summed E-state index contributed by atoms with van der Waals surface area (Å²) in [6.07, 6.45) is 4.86. The van der Waals surface area contributed by atoms with E-state index in [2.05, 4.69) is 72.2 Å². The molecule has 304 valence electrons. The Morgan fingerprint density at radius 2 is 1.02 bits per heavy atom. The summed E-state index contributed by atoms with van der Waals surface area (Å²) >= 11 is 6.03. The van der Waals surface area contributed by atoms with E-state index in [1.807, 2.05) is 82.0 Å². The molecule has 4 fully saturated rings. The van der Waals surface area contributed by atoms with Crippen molar-refractivity contribution in [1.29, 1.82) is 0 Å². The normalized spacial score (nSPS) is 16.5. The molecule has 2 saturated heterocycles. The van der Waals surface area contributed by atoms with Crippen LogP contribution in [-0.4, -0.2) is 94.4 Å². The molecule has 2 heterocycles. The Labute approximate surface area is 345 Å². The second-order valence-corrected chi connectivity index (χ2v) is 15.8. The Kier molecular flexibility index (Phi) is 14.6. The number of halogens is 1. The molecule has 4 aliphatic rings. The second kappa shape index (κ2) is 20.0. The molecule has 10 heteroatoms. The van der Waals surface area contributed by atoms with Gasteiger partial charge in [-0.25, -0.2) is 9.59 Å². The van der Waals surface area contributed by atoms with Gasteiger partial charge < -0.3 is 24.3 Å². The van der Waals surface area contributed by atoms with Gasteiger partial charge in [0.2, 0.25) is 0 Å². The Bertz CT molecular complexity index is 1900. The highest BCUT2D eigenvalue weighted by Crippen LogP contribution is 2.36. The van der Waals surface area contributed by atoms with E-state index in [0.717, 1.165) is 82.6 Å². The van der Waals surface area contributed by atoms with Crippen molar-refractivity contribution in [3.05, 3.63) is 113 Å². The first kappa shape index (κ1) is 41.7. The molecule has 2 saturated carbocycles. The van der Waals surface area contributed by atoms with E-state index >= 15 is 0 Å². The number of anilines is 4. The lowest BCUT2D eigenvalue weighted by Crippen LogP contribution is -2.53. The van der Waals surface area contributed by atoms with Crippen LogP contribution in [0, 0.1) is 25.7 Å². The Hall–Kier alpha value is -4.89. The first-order valence-corrected chi connectivity index (χ1v) is 21.3. The van der Waals surface area contributed by atoms with Gasteiger partial charge >= 0.3 is 12.1 Å². The number of para-hydroxylation sites is 4. The molecule has 9 nitrogen and oxygen atoms in total. The largest absolute Gasteiger partial charge is 0.495 e. The van der Waals surface area contributed by atoms with E-state index in [-0.39, 0.29) is 12.1 Å². The van der Waals surface area contributed by atoms with Gasteiger partial charge in [0.25, 0.3) is 0 Å². The minimum atomic E-state index is 0.0980.